The third-order valence-corrected chi connectivity index (χ3v) is 4.81. The highest BCUT2D eigenvalue weighted by Gasteiger charge is 2.30. The number of hydrogen-bond donors (Lipinski definition) is 2. The first-order valence-corrected chi connectivity index (χ1v) is 10.5. The minimum atomic E-state index is -1.32. The van der Waals surface area contributed by atoms with Gasteiger partial charge in [-0.3, -0.25) is 19.2 Å². The molecule has 0 fully saturated rings. The Morgan fingerprint density at radius 1 is 1.06 bits per heavy atom. The fraction of sp³-hybridized carbons (Fsp3) is 0.478. The minimum Gasteiger partial charge on any atom is -0.481 e. The lowest BCUT2D eigenvalue weighted by Gasteiger charge is -2.27. The largest absolute Gasteiger partial charge is 0.481 e. The molecular formula is C23H28FNO10. The number of ether oxygens (including phenoxy) is 1. The average molecular weight is 497 g/mol. The van der Waals surface area contributed by atoms with E-state index in [4.69, 9.17) is 19.4 Å². The molecule has 2 atom stereocenters. The lowest BCUT2D eigenvalue weighted by Crippen LogP contribution is -2.45. The van der Waals surface area contributed by atoms with E-state index in [1.54, 1.807) is 0 Å². The predicted octanol–water partition coefficient (Wildman–Crippen LogP) is 1.59. The highest BCUT2D eigenvalue weighted by Crippen LogP contribution is 2.14. The maximum absolute atomic E-state index is 12.9. The minimum absolute atomic E-state index is 0.150. The summed E-state index contributed by atoms with van der Waals surface area (Å²) in [6, 6.07) is 3.90. The van der Waals surface area contributed by atoms with Crippen LogP contribution in [0, 0.1) is 11.7 Å². The molecule has 0 aliphatic carbocycles. The van der Waals surface area contributed by atoms with Gasteiger partial charge in [0, 0.05) is 44.4 Å². The Balaban J connectivity index is 0.00000365. The molecule has 1 aromatic carbocycles. The van der Waals surface area contributed by atoms with Gasteiger partial charge in [0.1, 0.15) is 18.5 Å². The van der Waals surface area contributed by atoms with E-state index in [9.17, 15) is 33.5 Å². The molecule has 0 bridgehead atoms. The number of likely N-dealkylation sites (N-methyl/N-ethyl adjacent to an activating group) is 1. The second-order valence-electron chi connectivity index (χ2n) is 7.55. The molecule has 192 valence electrons. The number of rotatable bonds is 15. The fourth-order valence-corrected chi connectivity index (χ4v) is 3.03. The van der Waals surface area contributed by atoms with Crippen LogP contribution in [0.4, 0.5) is 4.39 Å². The van der Waals surface area contributed by atoms with Crippen LogP contribution < -0.4 is 0 Å². The number of hydrogen-bond acceptors (Lipinski definition) is 8. The lowest BCUT2D eigenvalue weighted by atomic mass is 10.0. The van der Waals surface area contributed by atoms with E-state index in [2.05, 4.69) is 0 Å². The van der Waals surface area contributed by atoms with Crippen molar-refractivity contribution in [3.05, 3.63) is 35.6 Å². The van der Waals surface area contributed by atoms with Crippen LogP contribution in [0.15, 0.2) is 24.3 Å². The number of carbonyl (C=O) groups is 5. The summed E-state index contributed by atoms with van der Waals surface area (Å²) in [5.41, 5.74) is 0.391. The van der Waals surface area contributed by atoms with Crippen molar-refractivity contribution in [3.8, 4) is 0 Å². The molecule has 0 saturated heterocycles. The Hall–Kier alpha value is -3.76. The van der Waals surface area contributed by atoms with Gasteiger partial charge in [-0.15, -0.1) is 0 Å². The summed E-state index contributed by atoms with van der Waals surface area (Å²) in [6.07, 6.45) is -0.0211. The van der Waals surface area contributed by atoms with Crippen LogP contribution in [0.3, 0.4) is 0 Å². The second kappa shape index (κ2) is 16.8. The zero-order valence-corrected chi connectivity index (χ0v) is 19.4. The van der Waals surface area contributed by atoms with Crippen LogP contribution in [0.25, 0.3) is 0 Å². The molecule has 0 unspecified atom stereocenters. The summed E-state index contributed by atoms with van der Waals surface area (Å²) in [7, 11) is 1.26. The van der Waals surface area contributed by atoms with Crippen molar-refractivity contribution in [2.24, 2.45) is 5.92 Å². The Labute approximate surface area is 200 Å². The molecule has 0 aromatic heterocycles. The smallest absolute Gasteiger partial charge is 0.373 e. The van der Waals surface area contributed by atoms with Crippen molar-refractivity contribution in [3.63, 3.8) is 0 Å². The second-order valence-corrected chi connectivity index (χ2v) is 7.55. The van der Waals surface area contributed by atoms with E-state index in [0.29, 0.717) is 12.0 Å². The molecule has 0 aliphatic heterocycles. The third kappa shape index (κ3) is 12.9. The topological polar surface area (TPSA) is 172 Å². The van der Waals surface area contributed by atoms with Gasteiger partial charge in [0.25, 0.3) is 0 Å². The number of Topliss-reactive ketones (excluding diaryl/α,β-unsaturated/α-hetero) is 2. The van der Waals surface area contributed by atoms with Crippen LogP contribution in [0.1, 0.15) is 49.4 Å². The van der Waals surface area contributed by atoms with E-state index in [1.165, 1.54) is 38.2 Å². The zero-order valence-electron chi connectivity index (χ0n) is 19.4. The van der Waals surface area contributed by atoms with E-state index < -0.39 is 42.0 Å². The van der Waals surface area contributed by atoms with Crippen molar-refractivity contribution in [2.75, 3.05) is 20.3 Å². The maximum atomic E-state index is 12.9. The van der Waals surface area contributed by atoms with Crippen molar-refractivity contribution in [1.82, 2.24) is 4.90 Å². The summed E-state index contributed by atoms with van der Waals surface area (Å²) in [4.78, 5) is 75.7. The SMILES string of the molecule is C[C@H](CC(=O)COCCCC(=O)c1ccc(F)cc1)C(=O)N(C)[C@@H](CCC(=O)O)C(=O)O.O=C=O. The van der Waals surface area contributed by atoms with Gasteiger partial charge in [-0.1, -0.05) is 6.92 Å². The first-order valence-electron chi connectivity index (χ1n) is 10.5. The van der Waals surface area contributed by atoms with Gasteiger partial charge in [0.15, 0.2) is 11.6 Å². The normalized spacial score (nSPS) is 11.7. The average Bonchev–Trinajstić information content (AvgIpc) is 2.78. The summed E-state index contributed by atoms with van der Waals surface area (Å²) < 4.78 is 18.1. The standard InChI is InChI=1S/C22H28FNO8.CO2/c1-14(21(29)24(2)18(22(30)31)9-10-20(27)28)12-17(25)13-32-11-3-4-19(26)15-5-7-16(23)8-6-15;2-1-3/h5-8,14,18H,3-4,9-13H2,1-2H3,(H,27,28)(H,30,31);/t14-,18+;/m1./s1. The molecular weight excluding hydrogens is 469 g/mol. The van der Waals surface area contributed by atoms with Crippen LogP contribution in [0.5, 0.6) is 0 Å². The van der Waals surface area contributed by atoms with E-state index >= 15 is 0 Å². The van der Waals surface area contributed by atoms with Gasteiger partial charge in [-0.2, -0.15) is 9.59 Å². The number of nitrogens with zero attached hydrogens (tertiary/aromatic N) is 1. The molecule has 12 heteroatoms. The lowest BCUT2D eigenvalue weighted by molar-refractivity contribution is -0.191. The van der Waals surface area contributed by atoms with Gasteiger partial charge in [0.05, 0.1) is 0 Å². The number of carboxylic acids is 2. The highest BCUT2D eigenvalue weighted by molar-refractivity contribution is 5.96. The van der Waals surface area contributed by atoms with Crippen LogP contribution in [0.2, 0.25) is 0 Å². The Morgan fingerprint density at radius 2 is 1.63 bits per heavy atom. The van der Waals surface area contributed by atoms with Gasteiger partial charge < -0.3 is 19.8 Å². The van der Waals surface area contributed by atoms with Crippen LogP contribution in [-0.2, 0) is 33.5 Å². The molecule has 0 radical (unpaired) electrons. The van der Waals surface area contributed by atoms with Crippen LogP contribution >= 0.6 is 0 Å². The first kappa shape index (κ1) is 31.2. The molecule has 0 heterocycles. The number of carboxylic acid groups (broad SMARTS) is 2. The molecule has 0 aliphatic rings. The summed E-state index contributed by atoms with van der Waals surface area (Å²) in [6.45, 7) is 1.37. The summed E-state index contributed by atoms with van der Waals surface area (Å²) in [5.74, 6) is -4.83. The Bertz CT molecular complexity index is 909. The Morgan fingerprint density at radius 3 is 2.14 bits per heavy atom. The molecule has 2 N–H and O–H groups in total. The maximum Gasteiger partial charge on any atom is 0.373 e. The van der Waals surface area contributed by atoms with Crippen LogP contribution in [-0.4, -0.2) is 77.0 Å². The van der Waals surface area contributed by atoms with Crippen molar-refractivity contribution < 1.29 is 52.9 Å². The van der Waals surface area contributed by atoms with E-state index in [-0.39, 0.29) is 50.2 Å². The fourth-order valence-electron chi connectivity index (χ4n) is 3.03. The van der Waals surface area contributed by atoms with Crippen molar-refractivity contribution in [2.45, 2.75) is 45.1 Å². The zero-order chi connectivity index (χ0) is 27.0. The van der Waals surface area contributed by atoms with E-state index in [0.717, 1.165) is 4.90 Å². The summed E-state index contributed by atoms with van der Waals surface area (Å²) in [5, 5.41) is 18.0. The number of ketones is 2. The quantitative estimate of drug-likeness (QED) is 0.268. The third-order valence-electron chi connectivity index (χ3n) is 4.81. The first-order chi connectivity index (χ1) is 16.4. The van der Waals surface area contributed by atoms with Gasteiger partial charge in [-0.05, 0) is 37.1 Å². The van der Waals surface area contributed by atoms with Gasteiger partial charge in [0.2, 0.25) is 5.91 Å². The molecule has 11 nitrogen and oxygen atoms in total. The predicted molar refractivity (Wildman–Crippen MR) is 116 cm³/mol. The number of aliphatic carboxylic acids is 2. The molecule has 1 rings (SSSR count). The highest BCUT2D eigenvalue weighted by atomic mass is 19.1. The number of amides is 1. The Kier molecular flexibility index (Phi) is 15.0. The van der Waals surface area contributed by atoms with Crippen molar-refractivity contribution >= 4 is 35.6 Å². The van der Waals surface area contributed by atoms with E-state index in [1.807, 2.05) is 0 Å². The number of benzene rings is 1. The molecule has 1 amide bonds. The van der Waals surface area contributed by atoms with Gasteiger partial charge in [-0.25, -0.2) is 9.18 Å². The number of carbonyl (C=O) groups excluding carboxylic acids is 5. The summed E-state index contributed by atoms with van der Waals surface area (Å²) >= 11 is 0. The van der Waals surface area contributed by atoms with Crippen molar-refractivity contribution in [1.29, 1.82) is 0 Å². The number of halogens is 1. The van der Waals surface area contributed by atoms with Gasteiger partial charge >= 0.3 is 18.1 Å². The molecule has 0 saturated carbocycles. The molecule has 0 spiro atoms. The monoisotopic (exact) mass is 497 g/mol. The molecule has 35 heavy (non-hydrogen) atoms. The molecule has 1 aromatic rings.